The molecule has 1 aliphatic heterocycles. The van der Waals surface area contributed by atoms with E-state index >= 15 is 0 Å². The first-order chi connectivity index (χ1) is 20.5. The molecule has 1 aromatic heterocycles. The van der Waals surface area contributed by atoms with E-state index in [1.165, 1.54) is 22.1 Å². The predicted molar refractivity (Wildman–Crippen MR) is 160 cm³/mol. The molecule has 0 saturated heterocycles. The molecule has 2 heterocycles. The summed E-state index contributed by atoms with van der Waals surface area (Å²) in [6.07, 6.45) is 4.69. The summed E-state index contributed by atoms with van der Waals surface area (Å²) in [6, 6.07) is 23.6. The fraction of sp³-hybridized carbons (Fsp3) is 0.324. The van der Waals surface area contributed by atoms with Crippen LogP contribution in [0.25, 0.3) is 0 Å². The molecule has 5 rings (SSSR count). The van der Waals surface area contributed by atoms with E-state index in [4.69, 9.17) is 4.98 Å². The van der Waals surface area contributed by atoms with Gasteiger partial charge in [-0.05, 0) is 55.0 Å². The number of carbonyl (C=O) groups is 2. The second-order valence-corrected chi connectivity index (χ2v) is 10.7. The minimum Gasteiger partial charge on any atom is -0.351 e. The van der Waals surface area contributed by atoms with Crippen molar-refractivity contribution in [3.8, 4) is 0 Å². The van der Waals surface area contributed by atoms with Crippen LogP contribution in [0.3, 0.4) is 0 Å². The molecule has 0 saturated carbocycles. The van der Waals surface area contributed by atoms with Crippen LogP contribution in [0.1, 0.15) is 82.7 Å². The number of rotatable bonds is 11. The van der Waals surface area contributed by atoms with E-state index in [9.17, 15) is 18.4 Å². The smallest absolute Gasteiger partial charge is 0.271 e. The molecule has 8 heteroatoms. The number of halogens is 2. The van der Waals surface area contributed by atoms with Gasteiger partial charge in [0.1, 0.15) is 5.82 Å². The van der Waals surface area contributed by atoms with E-state index in [1.54, 1.807) is 0 Å². The molecule has 0 fully saturated rings. The molecule has 4 aromatic rings. The number of nitrogens with one attached hydrogen (secondary N) is 1. The van der Waals surface area contributed by atoms with Crippen molar-refractivity contribution >= 4 is 17.6 Å². The highest BCUT2D eigenvalue weighted by molar-refractivity contribution is 6.09. The van der Waals surface area contributed by atoms with E-state index in [0.29, 0.717) is 44.6 Å². The Hall–Kier alpha value is -4.33. The van der Waals surface area contributed by atoms with Crippen LogP contribution in [-0.2, 0) is 13.0 Å². The van der Waals surface area contributed by atoms with Crippen LogP contribution in [-0.4, -0.2) is 34.5 Å². The Morgan fingerprint density at radius 1 is 0.952 bits per heavy atom. The summed E-state index contributed by atoms with van der Waals surface area (Å²) in [4.78, 5) is 33.8. The molecular formula is C34H36F2N4O2. The number of benzene rings is 3. The summed E-state index contributed by atoms with van der Waals surface area (Å²) >= 11 is 0. The van der Waals surface area contributed by atoms with Crippen molar-refractivity contribution in [2.24, 2.45) is 0 Å². The number of anilines is 1. The number of aryl methyl sites for hydroxylation is 1. The summed E-state index contributed by atoms with van der Waals surface area (Å²) < 4.78 is 29.6. The molecule has 0 aliphatic carbocycles. The monoisotopic (exact) mass is 570 g/mol. The normalized spacial score (nSPS) is 12.7. The summed E-state index contributed by atoms with van der Waals surface area (Å²) in [5.74, 6) is -1.80. The van der Waals surface area contributed by atoms with Crippen molar-refractivity contribution in [3.05, 3.63) is 119 Å². The van der Waals surface area contributed by atoms with Crippen LogP contribution in [0.2, 0.25) is 0 Å². The van der Waals surface area contributed by atoms with Gasteiger partial charge < -0.3 is 9.88 Å². The number of hydrogen-bond acceptors (Lipinski definition) is 3. The number of amides is 2. The Balaban J connectivity index is 1.43. The van der Waals surface area contributed by atoms with E-state index < -0.39 is 17.5 Å². The van der Waals surface area contributed by atoms with E-state index in [2.05, 4.69) is 29.6 Å². The molecule has 0 radical (unpaired) electrons. The number of carbonyl (C=O) groups excluding carboxylic acids is 2. The lowest BCUT2D eigenvalue weighted by molar-refractivity contribution is 0.0942. The molecule has 0 unspecified atom stereocenters. The Morgan fingerprint density at radius 2 is 1.64 bits per heavy atom. The highest BCUT2D eigenvalue weighted by atomic mass is 19.2. The van der Waals surface area contributed by atoms with Crippen molar-refractivity contribution in [1.29, 1.82) is 0 Å². The Kier molecular flexibility index (Phi) is 9.41. The van der Waals surface area contributed by atoms with Gasteiger partial charge in [0.15, 0.2) is 23.1 Å². The number of fused-ring (bicyclic) bond motifs is 1. The van der Waals surface area contributed by atoms with Crippen molar-refractivity contribution in [2.75, 3.05) is 18.0 Å². The molecule has 2 amide bonds. The largest absolute Gasteiger partial charge is 0.351 e. The van der Waals surface area contributed by atoms with Crippen LogP contribution in [0.5, 0.6) is 0 Å². The van der Waals surface area contributed by atoms with Gasteiger partial charge in [-0.15, -0.1) is 0 Å². The van der Waals surface area contributed by atoms with Crippen molar-refractivity contribution in [3.63, 3.8) is 0 Å². The summed E-state index contributed by atoms with van der Waals surface area (Å²) in [5.41, 5.74) is 2.69. The van der Waals surface area contributed by atoms with Crippen molar-refractivity contribution in [1.82, 2.24) is 14.9 Å². The van der Waals surface area contributed by atoms with E-state index in [1.807, 2.05) is 47.9 Å². The van der Waals surface area contributed by atoms with Crippen molar-refractivity contribution in [2.45, 2.75) is 57.9 Å². The molecule has 1 N–H and O–H groups in total. The van der Waals surface area contributed by atoms with Crippen LogP contribution in [0.4, 0.5) is 14.6 Å². The maximum absolute atomic E-state index is 14.1. The lowest BCUT2D eigenvalue weighted by atomic mass is 9.88. The molecule has 42 heavy (non-hydrogen) atoms. The molecule has 6 nitrogen and oxygen atoms in total. The first kappa shape index (κ1) is 29.2. The van der Waals surface area contributed by atoms with Crippen LogP contribution in [0, 0.1) is 11.6 Å². The van der Waals surface area contributed by atoms with Gasteiger partial charge in [-0.25, -0.2) is 13.8 Å². The van der Waals surface area contributed by atoms with Gasteiger partial charge in [0.2, 0.25) is 0 Å². The molecule has 0 spiro atoms. The molecule has 0 atom stereocenters. The first-order valence-electron chi connectivity index (χ1n) is 14.7. The first-order valence-corrected chi connectivity index (χ1v) is 14.7. The molecule has 1 aliphatic rings. The van der Waals surface area contributed by atoms with Crippen LogP contribution in [0.15, 0.2) is 78.9 Å². The second kappa shape index (κ2) is 13.6. The highest BCUT2D eigenvalue weighted by Gasteiger charge is 2.31. The van der Waals surface area contributed by atoms with Gasteiger partial charge in [0.05, 0.1) is 0 Å². The van der Waals surface area contributed by atoms with Gasteiger partial charge in [-0.3, -0.25) is 14.5 Å². The third-order valence-corrected chi connectivity index (χ3v) is 7.80. The number of aromatic nitrogens is 2. The third-order valence-electron chi connectivity index (χ3n) is 7.80. The SMILES string of the molecule is CCCCN(C(=O)c1ccc(F)c(F)c1)c1nc2n(c1C(=O)NCCC(c1ccccc1)c1ccccc1)CCCC2. The van der Waals surface area contributed by atoms with Gasteiger partial charge in [-0.2, -0.15) is 0 Å². The standard InChI is InChI=1S/C34H36F2N4O2/c1-2-3-21-40(34(42)26-17-18-28(35)29(36)23-26)32-31(39-22-11-10-16-30(39)38-32)33(41)37-20-19-27(24-12-6-4-7-13-24)25-14-8-5-9-15-25/h4-9,12-15,17-18,23,27H,2-3,10-11,16,19-22H2,1H3,(H,37,41). The van der Waals surface area contributed by atoms with Gasteiger partial charge in [0.25, 0.3) is 11.8 Å². The van der Waals surface area contributed by atoms with Gasteiger partial charge in [0, 0.05) is 37.5 Å². The zero-order valence-corrected chi connectivity index (χ0v) is 23.9. The maximum Gasteiger partial charge on any atom is 0.271 e. The Labute approximate surface area is 245 Å². The minimum absolute atomic E-state index is 0.0101. The Morgan fingerprint density at radius 3 is 2.29 bits per heavy atom. The molecule has 3 aromatic carbocycles. The van der Waals surface area contributed by atoms with Gasteiger partial charge >= 0.3 is 0 Å². The highest BCUT2D eigenvalue weighted by Crippen LogP contribution is 2.30. The number of hydrogen-bond donors (Lipinski definition) is 1. The van der Waals surface area contributed by atoms with Crippen LogP contribution < -0.4 is 10.2 Å². The summed E-state index contributed by atoms with van der Waals surface area (Å²) in [5, 5.41) is 3.10. The number of nitrogens with zero attached hydrogens (tertiary/aromatic N) is 3. The second-order valence-electron chi connectivity index (χ2n) is 10.7. The zero-order valence-electron chi connectivity index (χ0n) is 23.9. The van der Waals surface area contributed by atoms with Gasteiger partial charge in [-0.1, -0.05) is 74.0 Å². The fourth-order valence-electron chi connectivity index (χ4n) is 5.60. The average molecular weight is 571 g/mol. The van der Waals surface area contributed by atoms with E-state index in [0.717, 1.165) is 37.2 Å². The lowest BCUT2D eigenvalue weighted by Crippen LogP contribution is -2.36. The minimum atomic E-state index is -1.09. The molecule has 0 bridgehead atoms. The lowest BCUT2D eigenvalue weighted by Gasteiger charge is -2.23. The number of unbranched alkanes of at least 4 members (excludes halogenated alkanes) is 1. The topological polar surface area (TPSA) is 67.2 Å². The Bertz CT molecular complexity index is 1480. The zero-order chi connectivity index (χ0) is 29.5. The average Bonchev–Trinajstić information content (AvgIpc) is 3.41. The van der Waals surface area contributed by atoms with Crippen LogP contribution >= 0.6 is 0 Å². The molecular weight excluding hydrogens is 534 g/mol. The van der Waals surface area contributed by atoms with Crippen molar-refractivity contribution < 1.29 is 18.4 Å². The third kappa shape index (κ3) is 6.43. The quantitative estimate of drug-likeness (QED) is 0.213. The predicted octanol–water partition coefficient (Wildman–Crippen LogP) is 6.90. The fourth-order valence-corrected chi connectivity index (χ4v) is 5.60. The number of imidazole rings is 1. The molecule has 218 valence electrons. The summed E-state index contributed by atoms with van der Waals surface area (Å²) in [6.45, 7) is 3.35. The maximum atomic E-state index is 14.1. The summed E-state index contributed by atoms with van der Waals surface area (Å²) in [7, 11) is 0. The van der Waals surface area contributed by atoms with E-state index in [-0.39, 0.29) is 23.2 Å².